The van der Waals surface area contributed by atoms with E-state index < -0.39 is 101 Å². The van der Waals surface area contributed by atoms with Crippen molar-refractivity contribution >= 4 is 73.1 Å². The number of aromatic nitrogens is 8. The summed E-state index contributed by atoms with van der Waals surface area (Å²) in [5.41, 5.74) is 11.7. The number of hydrogen-bond donors (Lipinski definition) is 11. The van der Waals surface area contributed by atoms with E-state index in [1.54, 1.807) is 0 Å². The van der Waals surface area contributed by atoms with Crippen LogP contribution in [0.3, 0.4) is 0 Å². The summed E-state index contributed by atoms with van der Waals surface area (Å²) >= 11 is 0. The molecule has 32 nitrogen and oxygen atoms in total. The smallest absolute Gasteiger partial charge is 0.387 e. The highest BCUT2D eigenvalue weighted by Crippen LogP contribution is 2.73. The van der Waals surface area contributed by atoms with Gasteiger partial charge in [-0.15, -0.1) is 0 Å². The first-order chi connectivity index (χ1) is 26.4. The molecule has 57 heavy (non-hydrogen) atoms. The first kappa shape index (κ1) is 43.7. The molecule has 0 radical (unpaired) electrons. The Bertz CT molecular complexity index is 2230. The summed E-state index contributed by atoms with van der Waals surface area (Å²) in [5, 5.41) is 41.8. The lowest BCUT2D eigenvalue weighted by atomic mass is 10.1. The molecule has 37 heteroatoms. The zero-order valence-electron chi connectivity index (χ0n) is 27.6. The minimum absolute atomic E-state index is 0.0385. The van der Waals surface area contributed by atoms with E-state index in [1.165, 1.54) is 0 Å². The second kappa shape index (κ2) is 16.0. The highest BCUT2D eigenvalue weighted by atomic mass is 31.3. The third-order valence-corrected chi connectivity index (χ3v) is 15.2. The normalized spacial score (nSPS) is 30.8. The van der Waals surface area contributed by atoms with E-state index in [9.17, 15) is 67.7 Å². The number of hydrogen-bond acceptors (Lipinski definition) is 25. The number of ether oxygens (including phenoxy) is 2. The van der Waals surface area contributed by atoms with E-state index in [1.807, 2.05) is 0 Å². The predicted octanol–water partition coefficient (Wildman–Crippen LogP) is -2.33. The highest BCUT2D eigenvalue weighted by molar-refractivity contribution is 7.71. The number of aliphatic hydroxyl groups is 4. The van der Waals surface area contributed by atoms with Crippen molar-refractivity contribution in [3.8, 4) is 0 Å². The van der Waals surface area contributed by atoms with Crippen LogP contribution < -0.4 is 11.5 Å². The second-order valence-electron chi connectivity index (χ2n) is 11.5. The number of phosphoric acid groups is 5. The van der Waals surface area contributed by atoms with Crippen LogP contribution in [0.5, 0.6) is 0 Å². The lowest BCUT2D eigenvalue weighted by Crippen LogP contribution is -2.33. The van der Waals surface area contributed by atoms with Gasteiger partial charge in [0.25, 0.3) is 0 Å². The van der Waals surface area contributed by atoms with Gasteiger partial charge in [0.1, 0.15) is 60.3 Å². The van der Waals surface area contributed by atoms with E-state index >= 15 is 0 Å². The summed E-state index contributed by atoms with van der Waals surface area (Å²) in [4.78, 5) is 72.6. The lowest BCUT2D eigenvalue weighted by Gasteiger charge is -2.21. The molecular formula is C20H29N10O22P5. The lowest BCUT2D eigenvalue weighted by molar-refractivity contribution is -0.0503. The van der Waals surface area contributed by atoms with Gasteiger partial charge in [-0.1, -0.05) is 0 Å². The van der Waals surface area contributed by atoms with E-state index in [2.05, 4.69) is 56.2 Å². The van der Waals surface area contributed by atoms with Gasteiger partial charge in [-0.3, -0.25) is 18.2 Å². The fourth-order valence-corrected chi connectivity index (χ4v) is 11.6. The quantitative estimate of drug-likeness (QED) is 0.0525. The van der Waals surface area contributed by atoms with Crippen molar-refractivity contribution in [3.05, 3.63) is 25.3 Å². The summed E-state index contributed by atoms with van der Waals surface area (Å²) in [6.07, 6.45) is -9.04. The van der Waals surface area contributed by atoms with E-state index in [0.717, 1.165) is 34.4 Å². The molecule has 0 bridgehead atoms. The molecule has 6 rings (SSSR count). The monoisotopic (exact) mass is 916 g/mol. The van der Waals surface area contributed by atoms with Gasteiger partial charge in [0.05, 0.1) is 25.9 Å². The molecule has 2 saturated heterocycles. The van der Waals surface area contributed by atoms with Crippen molar-refractivity contribution in [2.24, 2.45) is 0 Å². The van der Waals surface area contributed by atoms with Crippen LogP contribution in [0.4, 0.5) is 11.6 Å². The SMILES string of the molecule is Nc1ncnc2c1ncn2[C@@H]1O[C@H](COP(=O)(O)OP(=O)(O)OP(=O)(O)OP(=O)(O)OP(=O)(O)OC[C@H]2O[C@@H](n3cnc4c(N)ncnc43)[C@H](O)[C@@H]2O)[C@@H](O)[C@H]1O. The Hall–Kier alpha value is -2.83. The molecule has 0 spiro atoms. The Morgan fingerprint density at radius 3 is 1.23 bits per heavy atom. The van der Waals surface area contributed by atoms with Gasteiger partial charge < -0.3 is 65.8 Å². The number of rotatable bonds is 16. The summed E-state index contributed by atoms with van der Waals surface area (Å²) in [7, 11) is -30.8. The van der Waals surface area contributed by atoms with E-state index in [4.69, 9.17) is 20.9 Å². The molecule has 0 aliphatic carbocycles. The van der Waals surface area contributed by atoms with Gasteiger partial charge in [0.15, 0.2) is 35.4 Å². The molecule has 0 aromatic carbocycles. The fraction of sp³-hybridized carbons (Fsp3) is 0.500. The molecular weight excluding hydrogens is 887 g/mol. The van der Waals surface area contributed by atoms with Crippen molar-refractivity contribution in [2.45, 2.75) is 49.1 Å². The summed E-state index contributed by atoms with van der Waals surface area (Å²) < 4.78 is 98.9. The number of imidazole rings is 2. The molecule has 6 heterocycles. The number of nitrogens with two attached hydrogens (primary N) is 2. The van der Waals surface area contributed by atoms with Crippen LogP contribution in [-0.4, -0.2) is 134 Å². The largest absolute Gasteiger partial charge is 0.490 e. The number of fused-ring (bicyclic) bond motifs is 2. The van der Waals surface area contributed by atoms with Gasteiger partial charge in [-0.2, -0.15) is 17.2 Å². The van der Waals surface area contributed by atoms with Gasteiger partial charge in [-0.25, -0.2) is 52.7 Å². The molecule has 12 atom stereocenters. The zero-order valence-corrected chi connectivity index (χ0v) is 32.1. The Kier molecular flexibility index (Phi) is 12.3. The van der Waals surface area contributed by atoms with Crippen LogP contribution in [0.1, 0.15) is 12.5 Å². The first-order valence-corrected chi connectivity index (χ1v) is 22.5. The summed E-state index contributed by atoms with van der Waals surface area (Å²) in [6.45, 7) is -2.34. The fourth-order valence-electron chi connectivity index (χ4n) is 5.25. The van der Waals surface area contributed by atoms with Crippen molar-refractivity contribution in [1.82, 2.24) is 39.0 Å². The van der Waals surface area contributed by atoms with Crippen LogP contribution in [-0.2, 0) is 58.6 Å². The molecule has 4 aromatic rings. The maximum absolute atomic E-state index is 12.4. The van der Waals surface area contributed by atoms with Gasteiger partial charge >= 0.3 is 39.1 Å². The third-order valence-electron chi connectivity index (χ3n) is 7.63. The van der Waals surface area contributed by atoms with E-state index in [-0.39, 0.29) is 34.0 Å². The summed E-state index contributed by atoms with van der Waals surface area (Å²) in [5.74, 6) is -0.0770. The predicted molar refractivity (Wildman–Crippen MR) is 177 cm³/mol. The second-order valence-corrected chi connectivity index (χ2v) is 19.3. The third kappa shape index (κ3) is 9.80. The van der Waals surface area contributed by atoms with Gasteiger partial charge in [-0.05, 0) is 0 Å². The van der Waals surface area contributed by atoms with Crippen LogP contribution in [0.2, 0.25) is 0 Å². The molecule has 2 fully saturated rings. The number of nitrogens with zero attached hydrogens (tertiary/aromatic N) is 8. The van der Waals surface area contributed by atoms with Gasteiger partial charge in [0.2, 0.25) is 0 Å². The first-order valence-electron chi connectivity index (χ1n) is 15.1. The molecule has 2 aliphatic heterocycles. The number of aliphatic hydroxyl groups excluding tert-OH is 4. The summed E-state index contributed by atoms with van der Waals surface area (Å²) in [6, 6.07) is 0. The topological polar surface area (TPSA) is 481 Å². The number of nitrogen functional groups attached to an aromatic ring is 2. The maximum Gasteiger partial charge on any atom is 0.490 e. The standard InChI is InChI=1S/C20H29N10O22P5/c21-15-9-17(25-3-23-15)29(5-27-9)19-13(33)11(31)7(47-19)1-45-53(35,36)49-55(39,40)51-57(43,44)52-56(41,42)50-54(37,38)46-2-8-12(32)14(34)20(48-8)30-6-28-10-16(22)24-4-26-18(10)30/h3-8,11-14,19-20,31-34H,1-2H2,(H,35,36)(H,37,38)(H,39,40)(H,41,42)(H,43,44)(H2,21,23,25)(H2,22,24,26)/t7-,8-,11-,12-,13-,14-,19-,20-/m1/s1. The molecule has 4 aromatic heterocycles. The molecule has 0 amide bonds. The Balaban J connectivity index is 1.00. The van der Waals surface area contributed by atoms with Crippen molar-refractivity contribution in [1.29, 1.82) is 0 Å². The molecule has 13 N–H and O–H groups in total. The van der Waals surface area contributed by atoms with Crippen LogP contribution in [0.25, 0.3) is 22.3 Å². The van der Waals surface area contributed by atoms with Crippen LogP contribution >= 0.6 is 39.1 Å². The Labute approximate surface area is 314 Å². The van der Waals surface area contributed by atoms with Crippen molar-refractivity contribution in [3.63, 3.8) is 0 Å². The van der Waals surface area contributed by atoms with Crippen molar-refractivity contribution < 1.29 is 103 Å². The van der Waals surface area contributed by atoms with Crippen molar-refractivity contribution in [2.75, 3.05) is 24.7 Å². The molecule has 4 unspecified atom stereocenters. The molecule has 316 valence electrons. The molecule has 0 saturated carbocycles. The number of anilines is 2. The zero-order chi connectivity index (χ0) is 41.9. The van der Waals surface area contributed by atoms with Crippen LogP contribution in [0, 0.1) is 0 Å². The maximum atomic E-state index is 12.4. The minimum atomic E-state index is -6.45. The average molecular weight is 916 g/mol. The molecule has 2 aliphatic rings. The minimum Gasteiger partial charge on any atom is -0.387 e. The Morgan fingerprint density at radius 2 is 0.877 bits per heavy atom. The number of phosphoric ester groups is 2. The Morgan fingerprint density at radius 1 is 0.544 bits per heavy atom. The highest BCUT2D eigenvalue weighted by Gasteiger charge is 2.51. The van der Waals surface area contributed by atoms with Gasteiger partial charge in [0, 0.05) is 0 Å². The van der Waals surface area contributed by atoms with E-state index in [0.29, 0.717) is 0 Å². The average Bonchev–Trinajstić information content (AvgIpc) is 3.83. The van der Waals surface area contributed by atoms with Crippen LogP contribution in [0.15, 0.2) is 25.3 Å².